The number of halogens is 1. The zero-order valence-electron chi connectivity index (χ0n) is 10.9. The van der Waals surface area contributed by atoms with Gasteiger partial charge in [-0.3, -0.25) is 15.1 Å². The first kappa shape index (κ1) is 14.0. The molecule has 1 saturated heterocycles. The Labute approximate surface area is 120 Å². The first-order valence-electron chi connectivity index (χ1n) is 5.98. The Hall–Kier alpha value is -1.40. The molecule has 0 radical (unpaired) electrons. The number of benzene rings is 1. The number of nitrogens with zero attached hydrogens (tertiary/aromatic N) is 1. The van der Waals surface area contributed by atoms with Gasteiger partial charge in [0.2, 0.25) is 0 Å². The summed E-state index contributed by atoms with van der Waals surface area (Å²) in [7, 11) is 1.62. The van der Waals surface area contributed by atoms with Crippen LogP contribution in [0.4, 0.5) is 0 Å². The van der Waals surface area contributed by atoms with Crippen LogP contribution in [0.25, 0.3) is 0 Å². The molecule has 1 heterocycles. The first-order valence-corrected chi connectivity index (χ1v) is 6.78. The van der Waals surface area contributed by atoms with Gasteiger partial charge in [-0.2, -0.15) is 0 Å². The molecular formula is C13H16BrN3O2. The summed E-state index contributed by atoms with van der Waals surface area (Å²) in [6, 6.07) is 5.50. The van der Waals surface area contributed by atoms with Gasteiger partial charge in [0.05, 0.1) is 13.2 Å². The molecule has 2 rings (SSSR count). The van der Waals surface area contributed by atoms with E-state index in [1.807, 2.05) is 25.1 Å². The number of hydrogen-bond acceptors (Lipinski definition) is 3. The van der Waals surface area contributed by atoms with Crippen LogP contribution in [0.15, 0.2) is 27.7 Å². The van der Waals surface area contributed by atoms with Gasteiger partial charge in [0, 0.05) is 11.6 Å². The molecule has 1 amide bonds. The van der Waals surface area contributed by atoms with Crippen molar-refractivity contribution in [1.82, 2.24) is 10.6 Å². The van der Waals surface area contributed by atoms with Gasteiger partial charge in [0.1, 0.15) is 6.04 Å². The van der Waals surface area contributed by atoms with Crippen molar-refractivity contribution >= 4 is 27.8 Å². The zero-order valence-corrected chi connectivity index (χ0v) is 12.5. The van der Waals surface area contributed by atoms with Gasteiger partial charge in [-0.1, -0.05) is 28.1 Å². The lowest BCUT2D eigenvalue weighted by molar-refractivity contribution is -0.120. The molecule has 0 spiro atoms. The molecule has 0 aromatic heterocycles. The quantitative estimate of drug-likeness (QED) is 0.825. The Balaban J connectivity index is 2.13. The summed E-state index contributed by atoms with van der Waals surface area (Å²) in [5.74, 6) is 0.403. The summed E-state index contributed by atoms with van der Waals surface area (Å²) in [6.45, 7) is 3.05. The Morgan fingerprint density at radius 3 is 2.95 bits per heavy atom. The van der Waals surface area contributed by atoms with Crippen molar-refractivity contribution < 1.29 is 9.53 Å². The highest BCUT2D eigenvalue weighted by atomic mass is 79.9. The molecule has 1 aliphatic heterocycles. The van der Waals surface area contributed by atoms with E-state index < -0.39 is 6.04 Å². The highest BCUT2D eigenvalue weighted by Crippen LogP contribution is 2.26. The van der Waals surface area contributed by atoms with Gasteiger partial charge in [0.15, 0.2) is 5.96 Å². The van der Waals surface area contributed by atoms with E-state index in [0.29, 0.717) is 19.1 Å². The van der Waals surface area contributed by atoms with Crippen LogP contribution in [0.5, 0.6) is 0 Å². The van der Waals surface area contributed by atoms with E-state index in [1.54, 1.807) is 7.11 Å². The number of aliphatic imine (C=N–C) groups is 1. The predicted octanol–water partition coefficient (Wildman–Crippen LogP) is 1.52. The van der Waals surface area contributed by atoms with E-state index in [-0.39, 0.29) is 5.91 Å². The first-order chi connectivity index (χ1) is 9.11. The van der Waals surface area contributed by atoms with E-state index in [9.17, 15) is 4.79 Å². The molecule has 1 fully saturated rings. The van der Waals surface area contributed by atoms with Gasteiger partial charge < -0.3 is 10.1 Å². The minimum atomic E-state index is -0.406. The Bertz CT molecular complexity index is 517. The molecule has 102 valence electrons. The van der Waals surface area contributed by atoms with Crippen molar-refractivity contribution in [2.75, 3.05) is 20.3 Å². The van der Waals surface area contributed by atoms with Crippen molar-refractivity contribution in [3.05, 3.63) is 33.8 Å². The molecule has 2 N–H and O–H groups in total. The highest BCUT2D eigenvalue weighted by molar-refractivity contribution is 9.10. The summed E-state index contributed by atoms with van der Waals surface area (Å²) < 4.78 is 5.83. The SMILES string of the molecule is COCCN=C1NC(=O)C(c2ccc(C)cc2Br)N1. The monoisotopic (exact) mass is 325 g/mol. The Kier molecular flexibility index (Phi) is 4.55. The molecule has 5 nitrogen and oxygen atoms in total. The lowest BCUT2D eigenvalue weighted by atomic mass is 10.1. The second-order valence-corrected chi connectivity index (χ2v) is 5.17. The molecule has 1 atom stereocenters. The maximum Gasteiger partial charge on any atom is 0.253 e. The molecule has 6 heteroatoms. The second-order valence-electron chi connectivity index (χ2n) is 4.31. The number of amides is 1. The number of ether oxygens (including phenoxy) is 1. The number of aryl methyl sites for hydroxylation is 1. The molecule has 0 bridgehead atoms. The van der Waals surface area contributed by atoms with Crippen LogP contribution in [-0.2, 0) is 9.53 Å². The molecule has 19 heavy (non-hydrogen) atoms. The third-order valence-corrected chi connectivity index (χ3v) is 3.50. The van der Waals surface area contributed by atoms with Crippen LogP contribution in [-0.4, -0.2) is 32.1 Å². The summed E-state index contributed by atoms with van der Waals surface area (Å²) in [5, 5.41) is 5.81. The second kappa shape index (κ2) is 6.16. The highest BCUT2D eigenvalue weighted by Gasteiger charge is 2.30. The topological polar surface area (TPSA) is 62.7 Å². The van der Waals surface area contributed by atoms with Crippen molar-refractivity contribution in [3.63, 3.8) is 0 Å². The van der Waals surface area contributed by atoms with Gasteiger partial charge in [-0.25, -0.2) is 0 Å². The van der Waals surface area contributed by atoms with Crippen molar-refractivity contribution in [2.24, 2.45) is 4.99 Å². The smallest absolute Gasteiger partial charge is 0.253 e. The molecule has 0 saturated carbocycles. The predicted molar refractivity (Wildman–Crippen MR) is 77.1 cm³/mol. The lowest BCUT2D eigenvalue weighted by Crippen LogP contribution is -2.26. The molecule has 1 aromatic rings. The van der Waals surface area contributed by atoms with E-state index in [1.165, 1.54) is 0 Å². The van der Waals surface area contributed by atoms with Gasteiger partial charge >= 0.3 is 0 Å². The number of hydrogen-bond donors (Lipinski definition) is 2. The van der Waals surface area contributed by atoms with Crippen LogP contribution in [0.2, 0.25) is 0 Å². The van der Waals surface area contributed by atoms with E-state index >= 15 is 0 Å². The lowest BCUT2D eigenvalue weighted by Gasteiger charge is -2.11. The van der Waals surface area contributed by atoms with Gasteiger partial charge in [-0.15, -0.1) is 0 Å². The average Bonchev–Trinajstić information content (AvgIpc) is 2.71. The minimum absolute atomic E-state index is 0.0966. The fraction of sp³-hybridized carbons (Fsp3) is 0.385. The van der Waals surface area contributed by atoms with E-state index in [4.69, 9.17) is 4.74 Å². The summed E-state index contributed by atoms with van der Waals surface area (Å²) >= 11 is 3.49. The van der Waals surface area contributed by atoms with Crippen molar-refractivity contribution in [1.29, 1.82) is 0 Å². The fourth-order valence-corrected chi connectivity index (χ4v) is 2.57. The summed E-state index contributed by atoms with van der Waals surface area (Å²) in [6.07, 6.45) is 0. The Morgan fingerprint density at radius 2 is 2.26 bits per heavy atom. The third kappa shape index (κ3) is 3.33. The molecule has 1 aliphatic rings. The minimum Gasteiger partial charge on any atom is -0.383 e. The maximum atomic E-state index is 11.9. The summed E-state index contributed by atoms with van der Waals surface area (Å²) in [5.41, 5.74) is 2.04. The maximum absolute atomic E-state index is 11.9. The van der Waals surface area contributed by atoms with Gasteiger partial charge in [0.25, 0.3) is 5.91 Å². The zero-order chi connectivity index (χ0) is 13.8. The van der Waals surface area contributed by atoms with E-state index in [2.05, 4.69) is 31.6 Å². The number of nitrogens with one attached hydrogen (secondary N) is 2. The number of carbonyl (C=O) groups excluding carboxylic acids is 1. The van der Waals surface area contributed by atoms with Crippen LogP contribution < -0.4 is 10.6 Å². The van der Waals surface area contributed by atoms with Crippen LogP contribution >= 0.6 is 15.9 Å². The number of rotatable bonds is 4. The number of methoxy groups -OCH3 is 1. The third-order valence-electron chi connectivity index (χ3n) is 2.82. The molecule has 0 aliphatic carbocycles. The van der Waals surface area contributed by atoms with Crippen LogP contribution in [0.1, 0.15) is 17.2 Å². The van der Waals surface area contributed by atoms with Crippen molar-refractivity contribution in [3.8, 4) is 0 Å². The van der Waals surface area contributed by atoms with Gasteiger partial charge in [-0.05, 0) is 24.1 Å². The fourth-order valence-electron chi connectivity index (χ4n) is 1.85. The molecule has 1 aromatic carbocycles. The van der Waals surface area contributed by atoms with E-state index in [0.717, 1.165) is 15.6 Å². The molecular weight excluding hydrogens is 310 g/mol. The van der Waals surface area contributed by atoms with Crippen molar-refractivity contribution in [2.45, 2.75) is 13.0 Å². The summed E-state index contributed by atoms with van der Waals surface area (Å²) in [4.78, 5) is 16.2. The largest absolute Gasteiger partial charge is 0.383 e. The van der Waals surface area contributed by atoms with Crippen LogP contribution in [0, 0.1) is 6.92 Å². The normalized spacial score (nSPS) is 20.5. The standard InChI is InChI=1S/C13H16BrN3O2/c1-8-3-4-9(10(14)7-8)11-12(18)17-13(16-11)15-5-6-19-2/h3-4,7,11H,5-6H2,1-2H3,(H2,15,16,17,18). The number of carbonyl (C=O) groups is 1. The Morgan fingerprint density at radius 1 is 1.47 bits per heavy atom. The average molecular weight is 326 g/mol. The number of guanidine groups is 1. The molecule has 1 unspecified atom stereocenters. The van der Waals surface area contributed by atoms with Crippen LogP contribution in [0.3, 0.4) is 0 Å².